The van der Waals surface area contributed by atoms with E-state index < -0.39 is 18.1 Å². The number of hydrogen-bond donors (Lipinski definition) is 2. The number of hydrogen-bond acceptors (Lipinski definition) is 3. The summed E-state index contributed by atoms with van der Waals surface area (Å²) in [5.41, 5.74) is 0. The van der Waals surface area contributed by atoms with Crippen LogP contribution in [0.4, 0.5) is 0 Å². The van der Waals surface area contributed by atoms with E-state index in [0.717, 1.165) is 12.8 Å². The molecule has 0 aliphatic carbocycles. The van der Waals surface area contributed by atoms with Gasteiger partial charge in [-0.15, -0.1) is 0 Å². The molecular weight excluding hydrogens is 234 g/mol. The molecule has 2 N–H and O–H groups in total. The number of aliphatic carboxylic acids is 1. The molecule has 1 heterocycles. The largest absolute Gasteiger partial charge is 0.480 e. The Labute approximate surface area is 108 Å². The molecule has 0 bridgehead atoms. The predicted molar refractivity (Wildman–Crippen MR) is 67.2 cm³/mol. The highest BCUT2D eigenvalue weighted by Crippen LogP contribution is 2.22. The van der Waals surface area contributed by atoms with E-state index in [9.17, 15) is 9.59 Å². The lowest BCUT2D eigenvalue weighted by Crippen LogP contribution is -2.48. The van der Waals surface area contributed by atoms with Gasteiger partial charge in [-0.2, -0.15) is 0 Å². The molecule has 18 heavy (non-hydrogen) atoms. The van der Waals surface area contributed by atoms with Gasteiger partial charge in [0.2, 0.25) is 5.91 Å². The third-order valence-corrected chi connectivity index (χ3v) is 3.63. The van der Waals surface area contributed by atoms with Gasteiger partial charge < -0.3 is 15.2 Å². The Balaban J connectivity index is 2.54. The van der Waals surface area contributed by atoms with Gasteiger partial charge in [-0.3, -0.25) is 4.79 Å². The average molecular weight is 257 g/mol. The molecule has 0 spiro atoms. The molecule has 0 saturated carbocycles. The maximum Gasteiger partial charge on any atom is 0.326 e. The number of carbonyl (C=O) groups is 2. The second-order valence-electron chi connectivity index (χ2n) is 4.94. The number of amides is 1. The SMILES string of the molecule is CCC1CCC(C(=O)N[C@H](C(=O)O)[C@@H](C)CC)O1. The molecule has 1 rings (SSSR count). The molecule has 0 radical (unpaired) electrons. The van der Waals surface area contributed by atoms with Crippen LogP contribution in [0.5, 0.6) is 0 Å². The second kappa shape index (κ2) is 6.73. The highest BCUT2D eigenvalue weighted by molar-refractivity contribution is 5.86. The molecule has 0 aromatic heterocycles. The zero-order chi connectivity index (χ0) is 13.7. The van der Waals surface area contributed by atoms with Gasteiger partial charge in [-0.25, -0.2) is 4.79 Å². The van der Waals surface area contributed by atoms with Crippen LogP contribution in [0, 0.1) is 5.92 Å². The first-order valence-corrected chi connectivity index (χ1v) is 6.68. The number of rotatable bonds is 6. The highest BCUT2D eigenvalue weighted by Gasteiger charge is 2.33. The van der Waals surface area contributed by atoms with Gasteiger partial charge in [-0.05, 0) is 25.2 Å². The van der Waals surface area contributed by atoms with E-state index in [-0.39, 0.29) is 17.9 Å². The molecule has 1 amide bonds. The smallest absolute Gasteiger partial charge is 0.326 e. The Morgan fingerprint density at radius 2 is 2.06 bits per heavy atom. The fourth-order valence-corrected chi connectivity index (χ4v) is 2.13. The Bertz CT molecular complexity index is 305. The average Bonchev–Trinajstić information content (AvgIpc) is 2.83. The van der Waals surface area contributed by atoms with Crippen molar-refractivity contribution < 1.29 is 19.4 Å². The fourth-order valence-electron chi connectivity index (χ4n) is 2.13. The van der Waals surface area contributed by atoms with Gasteiger partial charge in [-0.1, -0.05) is 27.2 Å². The van der Waals surface area contributed by atoms with Crippen LogP contribution < -0.4 is 5.32 Å². The Morgan fingerprint density at radius 3 is 2.50 bits per heavy atom. The lowest BCUT2D eigenvalue weighted by atomic mass is 9.99. The zero-order valence-corrected chi connectivity index (χ0v) is 11.3. The van der Waals surface area contributed by atoms with Crippen molar-refractivity contribution in [2.75, 3.05) is 0 Å². The number of carboxylic acid groups (broad SMARTS) is 1. The topological polar surface area (TPSA) is 75.6 Å². The van der Waals surface area contributed by atoms with Crippen LogP contribution in [0.1, 0.15) is 46.5 Å². The summed E-state index contributed by atoms with van der Waals surface area (Å²) in [7, 11) is 0. The van der Waals surface area contributed by atoms with Crippen molar-refractivity contribution in [3.8, 4) is 0 Å². The monoisotopic (exact) mass is 257 g/mol. The maximum absolute atomic E-state index is 11.9. The molecular formula is C13H23NO4. The minimum atomic E-state index is -0.984. The molecule has 0 aromatic rings. The van der Waals surface area contributed by atoms with Crippen molar-refractivity contribution in [1.29, 1.82) is 0 Å². The first-order valence-electron chi connectivity index (χ1n) is 6.68. The van der Waals surface area contributed by atoms with Gasteiger partial charge in [0.25, 0.3) is 0 Å². The number of carbonyl (C=O) groups excluding carboxylic acids is 1. The van der Waals surface area contributed by atoms with Crippen molar-refractivity contribution >= 4 is 11.9 Å². The van der Waals surface area contributed by atoms with Crippen LogP contribution in [-0.4, -0.2) is 35.2 Å². The predicted octanol–water partition coefficient (Wildman–Crippen LogP) is 1.56. The molecule has 1 saturated heterocycles. The zero-order valence-electron chi connectivity index (χ0n) is 11.3. The third kappa shape index (κ3) is 3.70. The summed E-state index contributed by atoms with van der Waals surface area (Å²) in [6.45, 7) is 5.75. The minimum absolute atomic E-state index is 0.0881. The summed E-state index contributed by atoms with van der Waals surface area (Å²) >= 11 is 0. The van der Waals surface area contributed by atoms with Gasteiger partial charge in [0.05, 0.1) is 6.10 Å². The van der Waals surface area contributed by atoms with Crippen LogP contribution in [-0.2, 0) is 14.3 Å². The van der Waals surface area contributed by atoms with Gasteiger partial charge in [0.15, 0.2) is 0 Å². The Morgan fingerprint density at radius 1 is 1.39 bits per heavy atom. The summed E-state index contributed by atoms with van der Waals surface area (Å²) in [5, 5.41) is 11.7. The molecule has 1 aliphatic rings. The van der Waals surface area contributed by atoms with Gasteiger partial charge >= 0.3 is 5.97 Å². The van der Waals surface area contributed by atoms with E-state index in [1.165, 1.54) is 0 Å². The van der Waals surface area contributed by atoms with Crippen molar-refractivity contribution in [3.63, 3.8) is 0 Å². The van der Waals surface area contributed by atoms with E-state index in [4.69, 9.17) is 9.84 Å². The summed E-state index contributed by atoms with van der Waals surface area (Å²) < 4.78 is 5.56. The van der Waals surface area contributed by atoms with E-state index >= 15 is 0 Å². The molecule has 5 heteroatoms. The maximum atomic E-state index is 11.9. The van der Waals surface area contributed by atoms with Crippen LogP contribution >= 0.6 is 0 Å². The van der Waals surface area contributed by atoms with Crippen LogP contribution in [0.25, 0.3) is 0 Å². The molecule has 104 valence electrons. The lowest BCUT2D eigenvalue weighted by Gasteiger charge is -2.22. The third-order valence-electron chi connectivity index (χ3n) is 3.63. The first-order chi connectivity index (χ1) is 8.49. The van der Waals surface area contributed by atoms with Crippen molar-refractivity contribution in [2.45, 2.75) is 64.7 Å². The van der Waals surface area contributed by atoms with Crippen LogP contribution in [0.15, 0.2) is 0 Å². The van der Waals surface area contributed by atoms with Crippen LogP contribution in [0.2, 0.25) is 0 Å². The molecule has 4 atom stereocenters. The van der Waals surface area contributed by atoms with Gasteiger partial charge in [0, 0.05) is 0 Å². The number of carboxylic acids is 1. The standard InChI is InChI=1S/C13H23NO4/c1-4-8(3)11(13(16)17)14-12(15)10-7-6-9(5-2)18-10/h8-11H,4-7H2,1-3H3,(H,14,15)(H,16,17)/t8-,9?,10?,11-/m0/s1. The van der Waals surface area contributed by atoms with E-state index in [1.807, 2.05) is 20.8 Å². The van der Waals surface area contributed by atoms with Gasteiger partial charge in [0.1, 0.15) is 12.1 Å². The lowest BCUT2D eigenvalue weighted by molar-refractivity contribution is -0.145. The number of nitrogens with one attached hydrogen (secondary N) is 1. The number of ether oxygens (including phenoxy) is 1. The summed E-state index contributed by atoms with van der Waals surface area (Å²) in [4.78, 5) is 23.1. The van der Waals surface area contributed by atoms with Crippen molar-refractivity contribution in [3.05, 3.63) is 0 Å². The van der Waals surface area contributed by atoms with Crippen LogP contribution in [0.3, 0.4) is 0 Å². The summed E-state index contributed by atoms with van der Waals surface area (Å²) in [5.74, 6) is -1.36. The molecule has 5 nitrogen and oxygen atoms in total. The Kier molecular flexibility index (Phi) is 5.59. The molecule has 2 unspecified atom stereocenters. The van der Waals surface area contributed by atoms with E-state index in [1.54, 1.807) is 0 Å². The molecule has 0 aromatic carbocycles. The minimum Gasteiger partial charge on any atom is -0.480 e. The first kappa shape index (κ1) is 15.0. The fraction of sp³-hybridized carbons (Fsp3) is 0.846. The second-order valence-corrected chi connectivity index (χ2v) is 4.94. The van der Waals surface area contributed by atoms with E-state index in [0.29, 0.717) is 12.8 Å². The molecule has 1 aliphatic heterocycles. The van der Waals surface area contributed by atoms with Crippen molar-refractivity contribution in [2.24, 2.45) is 5.92 Å². The quantitative estimate of drug-likeness (QED) is 0.757. The van der Waals surface area contributed by atoms with E-state index in [2.05, 4.69) is 5.32 Å². The normalized spacial score (nSPS) is 26.6. The summed E-state index contributed by atoms with van der Waals surface area (Å²) in [6, 6.07) is -0.827. The summed E-state index contributed by atoms with van der Waals surface area (Å²) in [6.07, 6.45) is 2.79. The van der Waals surface area contributed by atoms with Crippen molar-refractivity contribution in [1.82, 2.24) is 5.32 Å². The highest BCUT2D eigenvalue weighted by atomic mass is 16.5. The Hall–Kier alpha value is -1.10. The molecule has 1 fully saturated rings.